The highest BCUT2D eigenvalue weighted by atomic mass is 79.9. The molecule has 8 nitrogen and oxygen atoms in total. The number of carbonyl (C=O) groups is 2. The number of nitrogens with zero attached hydrogens (tertiary/aromatic N) is 2. The number of carbonyl (C=O) groups excluding carboxylic acids is 2. The summed E-state index contributed by atoms with van der Waals surface area (Å²) in [6, 6.07) is 10.9. The molecule has 0 spiro atoms. The average molecular weight is 565 g/mol. The van der Waals surface area contributed by atoms with Crippen LogP contribution < -0.4 is 15.0 Å². The zero-order valence-corrected chi connectivity index (χ0v) is 22.3. The van der Waals surface area contributed by atoms with Gasteiger partial charge in [0.2, 0.25) is 21.8 Å². The molecule has 0 aromatic heterocycles. The van der Waals surface area contributed by atoms with E-state index in [9.17, 15) is 18.0 Å². The van der Waals surface area contributed by atoms with Crippen molar-refractivity contribution >= 4 is 43.5 Å². The van der Waals surface area contributed by atoms with Gasteiger partial charge in [0.15, 0.2) is 0 Å². The van der Waals surface area contributed by atoms with Gasteiger partial charge in [0.25, 0.3) is 0 Å². The molecular weight excluding hydrogens is 534 g/mol. The Morgan fingerprint density at radius 2 is 2.00 bits per heavy atom. The third-order valence-corrected chi connectivity index (χ3v) is 9.43. The summed E-state index contributed by atoms with van der Waals surface area (Å²) in [5.41, 5.74) is 2.51. The molecule has 10 heteroatoms. The lowest BCUT2D eigenvalue weighted by Gasteiger charge is -2.31. The van der Waals surface area contributed by atoms with Gasteiger partial charge >= 0.3 is 0 Å². The summed E-state index contributed by atoms with van der Waals surface area (Å²) in [5.74, 6) is 0.0851. The fourth-order valence-corrected chi connectivity index (χ4v) is 7.26. The summed E-state index contributed by atoms with van der Waals surface area (Å²) in [6.45, 7) is 3.16. The summed E-state index contributed by atoms with van der Waals surface area (Å²) in [7, 11) is -2.27. The van der Waals surface area contributed by atoms with Gasteiger partial charge in [0.05, 0.1) is 17.9 Å². The van der Waals surface area contributed by atoms with Crippen LogP contribution in [0.4, 0.5) is 5.69 Å². The van der Waals surface area contributed by atoms with Crippen LogP contribution in [0.2, 0.25) is 0 Å². The summed E-state index contributed by atoms with van der Waals surface area (Å²) < 4.78 is 34.3. The summed E-state index contributed by atoms with van der Waals surface area (Å²) in [6.07, 6.45) is 2.27. The first kappa shape index (κ1) is 25.7. The van der Waals surface area contributed by atoms with Gasteiger partial charge in [-0.05, 0) is 70.6 Å². The van der Waals surface area contributed by atoms with Crippen LogP contribution in [0.3, 0.4) is 0 Å². The Hall–Kier alpha value is -2.43. The number of methoxy groups -OCH3 is 1. The molecule has 1 atom stereocenters. The van der Waals surface area contributed by atoms with Crippen molar-refractivity contribution in [2.75, 3.05) is 31.6 Å². The Bertz CT molecular complexity index is 1230. The Labute approximate surface area is 214 Å². The minimum atomic E-state index is -3.86. The number of anilines is 1. The number of hydrogen-bond acceptors (Lipinski definition) is 5. The Balaban J connectivity index is 1.49. The Morgan fingerprint density at radius 1 is 1.20 bits per heavy atom. The monoisotopic (exact) mass is 563 g/mol. The molecule has 188 valence electrons. The van der Waals surface area contributed by atoms with E-state index < -0.39 is 15.9 Å². The smallest absolute Gasteiger partial charge is 0.244 e. The van der Waals surface area contributed by atoms with Crippen LogP contribution in [0.5, 0.6) is 5.75 Å². The number of nitrogens with one attached hydrogen (secondary N) is 1. The molecule has 35 heavy (non-hydrogen) atoms. The first-order valence-electron chi connectivity index (χ1n) is 11.8. The van der Waals surface area contributed by atoms with Gasteiger partial charge in [-0.3, -0.25) is 9.59 Å². The predicted molar refractivity (Wildman–Crippen MR) is 137 cm³/mol. The molecule has 2 aliphatic rings. The van der Waals surface area contributed by atoms with Crippen LogP contribution in [0.1, 0.15) is 37.3 Å². The molecule has 4 rings (SSSR count). The van der Waals surface area contributed by atoms with Gasteiger partial charge in [-0.15, -0.1) is 0 Å². The van der Waals surface area contributed by atoms with Gasteiger partial charge in [-0.2, -0.15) is 4.31 Å². The average Bonchev–Trinajstić information content (AvgIpc) is 3.29. The number of piperidine rings is 1. The van der Waals surface area contributed by atoms with Crippen molar-refractivity contribution in [3.05, 3.63) is 52.0 Å². The van der Waals surface area contributed by atoms with E-state index in [1.165, 1.54) is 4.31 Å². The van der Waals surface area contributed by atoms with E-state index in [0.717, 1.165) is 11.1 Å². The predicted octanol–water partition coefficient (Wildman–Crippen LogP) is 3.47. The molecule has 0 aliphatic carbocycles. The highest BCUT2D eigenvalue weighted by molar-refractivity contribution is 9.10. The van der Waals surface area contributed by atoms with Crippen LogP contribution in [0.25, 0.3) is 0 Å². The number of rotatable bonds is 7. The van der Waals surface area contributed by atoms with Gasteiger partial charge in [-0.1, -0.05) is 19.1 Å². The topological polar surface area (TPSA) is 96.0 Å². The molecule has 2 amide bonds. The first-order chi connectivity index (χ1) is 16.7. The van der Waals surface area contributed by atoms with E-state index >= 15 is 0 Å². The second kappa shape index (κ2) is 10.7. The maximum atomic E-state index is 13.6. The summed E-state index contributed by atoms with van der Waals surface area (Å²) >= 11 is 3.43. The normalized spacial score (nSPS) is 18.3. The number of amides is 2. The van der Waals surface area contributed by atoms with Crippen molar-refractivity contribution in [1.82, 2.24) is 9.62 Å². The van der Waals surface area contributed by atoms with E-state index in [1.54, 1.807) is 31.1 Å². The second-order valence-corrected chi connectivity index (χ2v) is 11.6. The molecule has 1 saturated heterocycles. The van der Waals surface area contributed by atoms with E-state index in [0.29, 0.717) is 61.2 Å². The number of benzene rings is 2. The van der Waals surface area contributed by atoms with Crippen LogP contribution in [-0.4, -0.2) is 51.3 Å². The standard InChI is InChI=1S/C25H30BrN3O5S/c1-3-24(30)29-11-9-18-13-21(26)23(14-22(18)29)35(32,33)28-10-5-7-19(16-28)25(31)27-15-17-6-4-8-20(12-17)34-2/h4,6,8,12-14,19H,3,5,7,9-11,15-16H2,1-2H3,(H,27,31)/t19-/m0/s1. The number of fused-ring (bicyclic) bond motifs is 1. The number of halogens is 1. The molecule has 1 fully saturated rings. The fraction of sp³-hybridized carbons (Fsp3) is 0.440. The lowest BCUT2D eigenvalue weighted by atomic mass is 9.99. The van der Waals surface area contributed by atoms with Crippen molar-refractivity contribution in [2.45, 2.75) is 44.0 Å². The second-order valence-electron chi connectivity index (χ2n) is 8.83. The molecule has 0 bridgehead atoms. The van der Waals surface area contributed by atoms with E-state index in [4.69, 9.17) is 4.74 Å². The van der Waals surface area contributed by atoms with Gasteiger partial charge < -0.3 is 15.0 Å². The molecule has 2 aromatic carbocycles. The lowest BCUT2D eigenvalue weighted by Crippen LogP contribution is -2.45. The van der Waals surface area contributed by atoms with Crippen molar-refractivity contribution in [3.8, 4) is 5.75 Å². The zero-order valence-electron chi connectivity index (χ0n) is 19.9. The molecule has 2 aliphatic heterocycles. The maximum Gasteiger partial charge on any atom is 0.244 e. The Kier molecular flexibility index (Phi) is 7.83. The highest BCUT2D eigenvalue weighted by Gasteiger charge is 2.36. The van der Waals surface area contributed by atoms with Crippen LogP contribution in [0, 0.1) is 5.92 Å². The van der Waals surface area contributed by atoms with Crippen molar-refractivity contribution in [3.63, 3.8) is 0 Å². The van der Waals surface area contributed by atoms with Crippen LogP contribution in [-0.2, 0) is 32.6 Å². The molecule has 0 radical (unpaired) electrons. The van der Waals surface area contributed by atoms with Crippen molar-refractivity contribution < 1.29 is 22.7 Å². The number of hydrogen-bond donors (Lipinski definition) is 1. The SMILES string of the molecule is CCC(=O)N1CCc2cc(Br)c(S(=O)(=O)N3CCC[C@H](C(=O)NCc4cccc(OC)c4)C3)cc21. The quantitative estimate of drug-likeness (QED) is 0.556. The van der Waals surface area contributed by atoms with E-state index in [-0.39, 0.29) is 23.3 Å². The fourth-order valence-electron chi connectivity index (χ4n) is 4.67. The van der Waals surface area contributed by atoms with Crippen LogP contribution in [0.15, 0.2) is 45.8 Å². The minimum Gasteiger partial charge on any atom is -0.497 e. The molecule has 2 heterocycles. The third kappa shape index (κ3) is 5.39. The highest BCUT2D eigenvalue weighted by Crippen LogP contribution is 2.37. The number of sulfonamides is 1. The summed E-state index contributed by atoms with van der Waals surface area (Å²) in [4.78, 5) is 27.0. The van der Waals surface area contributed by atoms with Gasteiger partial charge in [0.1, 0.15) is 5.75 Å². The van der Waals surface area contributed by atoms with Crippen molar-refractivity contribution in [2.24, 2.45) is 5.92 Å². The largest absolute Gasteiger partial charge is 0.497 e. The molecule has 2 aromatic rings. The van der Waals surface area contributed by atoms with Crippen LogP contribution >= 0.6 is 15.9 Å². The number of ether oxygens (including phenoxy) is 1. The molecule has 0 saturated carbocycles. The minimum absolute atomic E-state index is 0.0276. The molecule has 0 unspecified atom stereocenters. The van der Waals surface area contributed by atoms with Crippen molar-refractivity contribution in [1.29, 1.82) is 0 Å². The van der Waals surface area contributed by atoms with E-state index in [2.05, 4.69) is 21.2 Å². The van der Waals surface area contributed by atoms with Gasteiger partial charge in [0, 0.05) is 42.8 Å². The van der Waals surface area contributed by atoms with E-state index in [1.807, 2.05) is 24.3 Å². The third-order valence-electron chi connectivity index (χ3n) is 6.61. The first-order valence-corrected chi connectivity index (χ1v) is 14.0. The van der Waals surface area contributed by atoms with Gasteiger partial charge in [-0.25, -0.2) is 8.42 Å². The Morgan fingerprint density at radius 3 is 2.74 bits per heavy atom. The maximum absolute atomic E-state index is 13.6. The summed E-state index contributed by atoms with van der Waals surface area (Å²) in [5, 5.41) is 2.93. The molecule has 1 N–H and O–H groups in total. The zero-order chi connectivity index (χ0) is 25.2. The lowest BCUT2D eigenvalue weighted by molar-refractivity contribution is -0.126. The molecular formula is C25H30BrN3O5S.